The van der Waals surface area contributed by atoms with Crippen molar-refractivity contribution in [2.24, 2.45) is 0 Å². The third-order valence-electron chi connectivity index (χ3n) is 4.79. The Hall–Kier alpha value is -1.40. The quantitative estimate of drug-likeness (QED) is 0.325. The maximum absolute atomic E-state index is 11.8. The maximum atomic E-state index is 11.8. The molecule has 0 aromatic carbocycles. The second kappa shape index (κ2) is 7.04. The molecule has 2 atom stereocenters. The van der Waals surface area contributed by atoms with Gasteiger partial charge in [0.15, 0.2) is 5.66 Å². The molecule has 122 valence electrons. The van der Waals surface area contributed by atoms with Crippen LogP contribution in [0.1, 0.15) is 40.0 Å². The zero-order valence-corrected chi connectivity index (χ0v) is 13.8. The lowest BCUT2D eigenvalue weighted by molar-refractivity contribution is -0.979. The number of hydrogen-bond acceptors (Lipinski definition) is 3. The summed E-state index contributed by atoms with van der Waals surface area (Å²) in [7, 11) is 3.53. The molecule has 6 heteroatoms. The van der Waals surface area contributed by atoms with Crippen molar-refractivity contribution in [2.75, 3.05) is 20.6 Å². The van der Waals surface area contributed by atoms with Crippen molar-refractivity contribution < 1.29 is 24.3 Å². The van der Waals surface area contributed by atoms with Gasteiger partial charge in [0.25, 0.3) is 0 Å². The molecule has 0 saturated carbocycles. The first-order chi connectivity index (χ1) is 9.48. The van der Waals surface area contributed by atoms with Gasteiger partial charge >= 0.3 is 11.9 Å². The third kappa shape index (κ3) is 3.83. The fourth-order valence-electron chi connectivity index (χ4n) is 2.70. The lowest BCUT2D eigenvalue weighted by Gasteiger charge is -2.54. The Bertz CT molecular complexity index is 408. The van der Waals surface area contributed by atoms with Gasteiger partial charge in [-0.1, -0.05) is 13.0 Å². The van der Waals surface area contributed by atoms with Crippen LogP contribution in [0.15, 0.2) is 12.7 Å². The second-order valence-corrected chi connectivity index (χ2v) is 6.30. The first-order valence-corrected chi connectivity index (χ1v) is 7.13. The number of hydrogen-bond donors (Lipinski definition) is 3. The first-order valence-electron chi connectivity index (χ1n) is 7.13. The van der Waals surface area contributed by atoms with E-state index in [1.807, 2.05) is 13.8 Å². The molecular formula is C15H29N2O4+. The minimum Gasteiger partial charge on any atom is -0.481 e. The molecule has 21 heavy (non-hydrogen) atoms. The molecule has 0 aliphatic carbocycles. The molecule has 6 nitrogen and oxygen atoms in total. The Morgan fingerprint density at radius 3 is 2.14 bits per heavy atom. The number of carboxylic acid groups (broad SMARTS) is 2. The van der Waals surface area contributed by atoms with Crippen LogP contribution < -0.4 is 5.32 Å². The Morgan fingerprint density at radius 2 is 1.81 bits per heavy atom. The minimum absolute atomic E-state index is 0.0172. The van der Waals surface area contributed by atoms with E-state index in [4.69, 9.17) is 5.11 Å². The topological polar surface area (TPSA) is 86.6 Å². The van der Waals surface area contributed by atoms with Gasteiger partial charge in [-0.3, -0.25) is 14.6 Å². The zero-order chi connectivity index (χ0) is 16.9. The van der Waals surface area contributed by atoms with Crippen LogP contribution in [0.4, 0.5) is 0 Å². The monoisotopic (exact) mass is 301 g/mol. The predicted molar refractivity (Wildman–Crippen MR) is 81.9 cm³/mol. The molecule has 0 aliphatic rings. The normalized spacial score (nSPS) is 17.6. The standard InChI is InChI=1S/C15H28N2O4/c1-7-9-15(4,16-10-8-2)17(5,6)14(3,13(20)21)11-12(18)19/h8,16H,2,7,9-11H2,1,3-6H3,(H-,18,19,20,21)/p+1. The minimum atomic E-state index is -1.44. The molecule has 0 saturated heterocycles. The average Bonchev–Trinajstić information content (AvgIpc) is 2.35. The van der Waals surface area contributed by atoms with Crippen molar-refractivity contribution in [3.05, 3.63) is 12.7 Å². The van der Waals surface area contributed by atoms with Crippen molar-refractivity contribution in [3.63, 3.8) is 0 Å². The Kier molecular flexibility index (Phi) is 6.57. The summed E-state index contributed by atoms with van der Waals surface area (Å²) in [6.45, 7) is 9.64. The molecule has 0 aliphatic heterocycles. The number of nitrogens with one attached hydrogen (secondary N) is 1. The summed E-state index contributed by atoms with van der Waals surface area (Å²) < 4.78 is 0.0172. The van der Waals surface area contributed by atoms with Crippen molar-refractivity contribution in [2.45, 2.75) is 51.2 Å². The van der Waals surface area contributed by atoms with E-state index in [2.05, 4.69) is 11.9 Å². The predicted octanol–water partition coefficient (Wildman–Crippen LogP) is 1.67. The van der Waals surface area contributed by atoms with Gasteiger partial charge in [-0.2, -0.15) is 0 Å². The number of nitrogens with zero attached hydrogens (tertiary/aromatic N) is 1. The molecular weight excluding hydrogens is 272 g/mol. The molecule has 0 amide bonds. The van der Waals surface area contributed by atoms with Crippen molar-refractivity contribution in [1.82, 2.24) is 5.32 Å². The van der Waals surface area contributed by atoms with Crippen molar-refractivity contribution >= 4 is 11.9 Å². The Morgan fingerprint density at radius 1 is 1.29 bits per heavy atom. The largest absolute Gasteiger partial charge is 0.481 e. The Labute approximate surface area is 127 Å². The van der Waals surface area contributed by atoms with Gasteiger partial charge in [-0.25, -0.2) is 4.79 Å². The van der Waals surface area contributed by atoms with Crippen LogP contribution in [-0.2, 0) is 9.59 Å². The summed E-state index contributed by atoms with van der Waals surface area (Å²) >= 11 is 0. The molecule has 0 radical (unpaired) electrons. The SMILES string of the molecule is C=CCNC(C)(CCC)[N+](C)(C)C(C)(CC(=O)O)C(=O)O. The van der Waals surface area contributed by atoms with Crippen LogP contribution in [0.5, 0.6) is 0 Å². The van der Waals surface area contributed by atoms with Gasteiger partial charge < -0.3 is 10.2 Å². The number of quaternary nitrogens is 1. The zero-order valence-electron chi connectivity index (χ0n) is 13.8. The van der Waals surface area contributed by atoms with Crippen LogP contribution in [0, 0.1) is 0 Å². The first kappa shape index (κ1) is 19.6. The van der Waals surface area contributed by atoms with Crippen molar-refractivity contribution in [3.8, 4) is 0 Å². The van der Waals surface area contributed by atoms with Crippen LogP contribution in [0.2, 0.25) is 0 Å². The molecule has 2 unspecified atom stereocenters. The van der Waals surface area contributed by atoms with Gasteiger partial charge in [0.05, 0.1) is 14.1 Å². The highest BCUT2D eigenvalue weighted by Gasteiger charge is 2.58. The molecule has 0 fully saturated rings. The van der Waals surface area contributed by atoms with E-state index in [1.54, 1.807) is 20.2 Å². The van der Waals surface area contributed by atoms with Crippen LogP contribution in [0.3, 0.4) is 0 Å². The summed E-state index contributed by atoms with van der Waals surface area (Å²) in [5.74, 6) is -2.23. The lowest BCUT2D eigenvalue weighted by Crippen LogP contribution is -2.76. The van der Waals surface area contributed by atoms with E-state index in [-0.39, 0.29) is 4.48 Å². The van der Waals surface area contributed by atoms with Gasteiger partial charge in [-0.05, 0) is 6.42 Å². The number of carbonyl (C=O) groups is 2. The fourth-order valence-corrected chi connectivity index (χ4v) is 2.70. The second-order valence-electron chi connectivity index (χ2n) is 6.30. The summed E-state index contributed by atoms with van der Waals surface area (Å²) in [5.41, 5.74) is -2.02. The molecule has 0 spiro atoms. The van der Waals surface area contributed by atoms with Gasteiger partial charge in [0.1, 0.15) is 6.42 Å². The van der Waals surface area contributed by atoms with Gasteiger partial charge in [-0.15, -0.1) is 6.58 Å². The molecule has 0 bridgehead atoms. The number of likely N-dealkylation sites (N-methyl/N-ethyl adjacent to an activating group) is 1. The lowest BCUT2D eigenvalue weighted by atomic mass is 9.87. The van der Waals surface area contributed by atoms with Crippen LogP contribution >= 0.6 is 0 Å². The van der Waals surface area contributed by atoms with Crippen molar-refractivity contribution in [1.29, 1.82) is 0 Å². The number of aliphatic carboxylic acids is 2. The molecule has 3 N–H and O–H groups in total. The summed E-state index contributed by atoms with van der Waals surface area (Å²) in [5, 5.41) is 22.1. The maximum Gasteiger partial charge on any atom is 0.366 e. The molecule has 0 rings (SSSR count). The summed E-state index contributed by atoms with van der Waals surface area (Å²) in [6.07, 6.45) is 2.84. The van der Waals surface area contributed by atoms with E-state index in [9.17, 15) is 14.7 Å². The Balaban J connectivity index is 5.84. The smallest absolute Gasteiger partial charge is 0.366 e. The van der Waals surface area contributed by atoms with E-state index < -0.39 is 29.6 Å². The third-order valence-corrected chi connectivity index (χ3v) is 4.79. The fraction of sp³-hybridized carbons (Fsp3) is 0.733. The summed E-state index contributed by atoms with van der Waals surface area (Å²) in [6, 6.07) is 0. The molecule has 0 aromatic rings. The summed E-state index contributed by atoms with van der Waals surface area (Å²) in [4.78, 5) is 23.0. The number of carboxylic acids is 2. The molecule has 0 aromatic heterocycles. The van der Waals surface area contributed by atoms with E-state index >= 15 is 0 Å². The molecule has 0 heterocycles. The van der Waals surface area contributed by atoms with Crippen LogP contribution in [-0.4, -0.2) is 58.5 Å². The van der Waals surface area contributed by atoms with E-state index in [1.165, 1.54) is 6.92 Å². The highest BCUT2D eigenvalue weighted by atomic mass is 16.4. The van der Waals surface area contributed by atoms with Gasteiger partial charge in [0, 0.05) is 26.8 Å². The average molecular weight is 301 g/mol. The van der Waals surface area contributed by atoms with E-state index in [0.29, 0.717) is 6.54 Å². The van der Waals surface area contributed by atoms with E-state index in [0.717, 1.165) is 12.8 Å². The highest BCUT2D eigenvalue weighted by Crippen LogP contribution is 2.35. The number of rotatable bonds is 10. The van der Waals surface area contributed by atoms with Gasteiger partial charge in [0.2, 0.25) is 5.54 Å². The van der Waals surface area contributed by atoms with Crippen LogP contribution in [0.25, 0.3) is 0 Å². The highest BCUT2D eigenvalue weighted by molar-refractivity contribution is 5.83.